The third-order valence-electron chi connectivity index (χ3n) is 2.25. The van der Waals surface area contributed by atoms with E-state index >= 15 is 0 Å². The Balaban J connectivity index is 2.54. The Bertz CT molecular complexity index is 394. The van der Waals surface area contributed by atoms with Gasteiger partial charge in [0.05, 0.1) is 24.2 Å². The summed E-state index contributed by atoms with van der Waals surface area (Å²) in [5.74, 6) is -1.01. The Labute approximate surface area is 99.4 Å². The smallest absolute Gasteiger partial charge is 0.237 e. The first-order valence-corrected chi connectivity index (χ1v) is 5.26. The summed E-state index contributed by atoms with van der Waals surface area (Å²) in [4.78, 5) is 26.3. The summed E-state index contributed by atoms with van der Waals surface area (Å²) in [6, 6.07) is 4.23. The lowest BCUT2D eigenvalue weighted by molar-refractivity contribution is -0.126. The Morgan fingerprint density at radius 3 is 2.71 bits per heavy atom. The van der Waals surface area contributed by atoms with Crippen LogP contribution in [0.3, 0.4) is 0 Å². The van der Waals surface area contributed by atoms with Crippen molar-refractivity contribution in [2.45, 2.75) is 25.4 Å². The minimum Gasteiger partial charge on any atom is -0.370 e. The number of nitrogens with two attached hydrogens (primary N) is 2. The molecule has 6 heteroatoms. The second kappa shape index (κ2) is 5.95. The molecule has 1 aromatic rings. The molecule has 2 unspecified atom stereocenters. The first-order valence-electron chi connectivity index (χ1n) is 5.26. The molecule has 1 aromatic heterocycles. The quantitative estimate of drug-likeness (QED) is 0.637. The molecule has 2 atom stereocenters. The molecule has 5 N–H and O–H groups in total. The fourth-order valence-electron chi connectivity index (χ4n) is 1.34. The molecule has 0 aliphatic carbocycles. The standard InChI is InChI=1S/C11H16N4O2/c1-7(9-4-2-3-5-14-9)15-11(17)8(12)6-10(13)16/h2-5,7-8H,6,12H2,1H3,(H2,13,16)(H,15,17). The number of carbonyl (C=O) groups is 2. The van der Waals surface area contributed by atoms with Gasteiger partial charge in [-0.3, -0.25) is 14.6 Å². The van der Waals surface area contributed by atoms with Gasteiger partial charge in [0.1, 0.15) is 0 Å². The molecule has 0 saturated heterocycles. The van der Waals surface area contributed by atoms with Crippen LogP contribution in [0.5, 0.6) is 0 Å². The number of amides is 2. The van der Waals surface area contributed by atoms with E-state index < -0.39 is 17.9 Å². The third-order valence-corrected chi connectivity index (χ3v) is 2.25. The topological polar surface area (TPSA) is 111 Å². The SMILES string of the molecule is CC(NC(=O)C(N)CC(N)=O)c1ccccn1. The number of pyridine rings is 1. The Kier molecular flexibility index (Phi) is 4.59. The molecule has 0 aromatic carbocycles. The number of nitrogens with zero attached hydrogens (tertiary/aromatic N) is 1. The number of nitrogens with one attached hydrogen (secondary N) is 1. The van der Waals surface area contributed by atoms with Gasteiger partial charge in [0.15, 0.2) is 0 Å². The predicted octanol–water partition coefficient (Wildman–Crippen LogP) is -0.538. The summed E-state index contributed by atoms with van der Waals surface area (Å²) < 4.78 is 0. The van der Waals surface area contributed by atoms with Crippen LogP contribution in [0, 0.1) is 0 Å². The van der Waals surface area contributed by atoms with Crippen molar-refractivity contribution in [3.63, 3.8) is 0 Å². The van der Waals surface area contributed by atoms with E-state index in [1.165, 1.54) is 0 Å². The van der Waals surface area contributed by atoms with Crippen LogP contribution in [0.15, 0.2) is 24.4 Å². The largest absolute Gasteiger partial charge is 0.370 e. The van der Waals surface area contributed by atoms with Crippen LogP contribution in [-0.4, -0.2) is 22.8 Å². The van der Waals surface area contributed by atoms with Gasteiger partial charge in [-0.25, -0.2) is 0 Å². The second-order valence-corrected chi connectivity index (χ2v) is 3.76. The summed E-state index contributed by atoms with van der Waals surface area (Å²) in [7, 11) is 0. The van der Waals surface area contributed by atoms with Crippen molar-refractivity contribution in [2.75, 3.05) is 0 Å². The summed E-state index contributed by atoms with van der Waals surface area (Å²) >= 11 is 0. The van der Waals surface area contributed by atoms with Gasteiger partial charge in [-0.05, 0) is 19.1 Å². The number of aromatic nitrogens is 1. The Hall–Kier alpha value is -1.95. The molecule has 92 valence electrons. The lowest BCUT2D eigenvalue weighted by Crippen LogP contribution is -2.43. The van der Waals surface area contributed by atoms with E-state index in [9.17, 15) is 9.59 Å². The van der Waals surface area contributed by atoms with Crippen molar-refractivity contribution in [1.29, 1.82) is 0 Å². The van der Waals surface area contributed by atoms with Crippen LogP contribution < -0.4 is 16.8 Å². The zero-order valence-corrected chi connectivity index (χ0v) is 9.59. The third kappa shape index (κ3) is 4.20. The maximum atomic E-state index is 11.6. The van der Waals surface area contributed by atoms with Gasteiger partial charge in [-0.15, -0.1) is 0 Å². The average molecular weight is 236 g/mol. The van der Waals surface area contributed by atoms with Gasteiger partial charge in [0.25, 0.3) is 0 Å². The fourth-order valence-corrected chi connectivity index (χ4v) is 1.34. The van der Waals surface area contributed by atoms with E-state index in [2.05, 4.69) is 10.3 Å². The van der Waals surface area contributed by atoms with Crippen LogP contribution in [-0.2, 0) is 9.59 Å². The van der Waals surface area contributed by atoms with Gasteiger partial charge in [-0.2, -0.15) is 0 Å². The maximum Gasteiger partial charge on any atom is 0.237 e. The van der Waals surface area contributed by atoms with E-state index in [4.69, 9.17) is 11.5 Å². The van der Waals surface area contributed by atoms with Crippen LogP contribution >= 0.6 is 0 Å². The van der Waals surface area contributed by atoms with Crippen molar-refractivity contribution in [3.05, 3.63) is 30.1 Å². The monoisotopic (exact) mass is 236 g/mol. The van der Waals surface area contributed by atoms with Crippen molar-refractivity contribution >= 4 is 11.8 Å². The Morgan fingerprint density at radius 2 is 2.18 bits per heavy atom. The molecule has 0 saturated carbocycles. The number of hydrogen-bond acceptors (Lipinski definition) is 4. The van der Waals surface area contributed by atoms with Crippen LogP contribution in [0.25, 0.3) is 0 Å². The maximum absolute atomic E-state index is 11.6. The van der Waals surface area contributed by atoms with Crippen molar-refractivity contribution in [1.82, 2.24) is 10.3 Å². The second-order valence-electron chi connectivity index (χ2n) is 3.76. The zero-order chi connectivity index (χ0) is 12.8. The van der Waals surface area contributed by atoms with Crippen molar-refractivity contribution < 1.29 is 9.59 Å². The predicted molar refractivity (Wildman–Crippen MR) is 62.6 cm³/mol. The minimum absolute atomic E-state index is 0.166. The normalized spacial score (nSPS) is 13.8. The summed E-state index contributed by atoms with van der Waals surface area (Å²) in [6.07, 6.45) is 1.47. The molecule has 0 aliphatic heterocycles. The minimum atomic E-state index is -0.918. The van der Waals surface area contributed by atoms with E-state index in [1.54, 1.807) is 25.3 Å². The molecule has 2 amide bonds. The fraction of sp³-hybridized carbons (Fsp3) is 0.364. The number of rotatable bonds is 5. The highest BCUT2D eigenvalue weighted by molar-refractivity contribution is 5.87. The lowest BCUT2D eigenvalue weighted by atomic mass is 10.1. The van der Waals surface area contributed by atoms with E-state index in [1.807, 2.05) is 6.07 Å². The highest BCUT2D eigenvalue weighted by Gasteiger charge is 2.18. The van der Waals surface area contributed by atoms with Gasteiger partial charge in [0, 0.05) is 6.20 Å². The van der Waals surface area contributed by atoms with Crippen LogP contribution in [0.1, 0.15) is 25.1 Å². The molecule has 0 bridgehead atoms. The molecular formula is C11H16N4O2. The van der Waals surface area contributed by atoms with E-state index in [0.29, 0.717) is 0 Å². The number of hydrogen-bond donors (Lipinski definition) is 3. The molecule has 0 spiro atoms. The number of primary amides is 1. The first kappa shape index (κ1) is 13.1. The molecule has 17 heavy (non-hydrogen) atoms. The number of carbonyl (C=O) groups excluding carboxylic acids is 2. The van der Waals surface area contributed by atoms with Crippen molar-refractivity contribution in [3.8, 4) is 0 Å². The lowest BCUT2D eigenvalue weighted by Gasteiger charge is -2.16. The molecule has 1 heterocycles. The molecule has 0 fully saturated rings. The van der Waals surface area contributed by atoms with Gasteiger partial charge in [-0.1, -0.05) is 6.07 Å². The zero-order valence-electron chi connectivity index (χ0n) is 9.59. The molecule has 1 rings (SSSR count). The Morgan fingerprint density at radius 1 is 1.47 bits per heavy atom. The molecule has 0 radical (unpaired) electrons. The van der Waals surface area contributed by atoms with Crippen LogP contribution in [0.4, 0.5) is 0 Å². The molecular weight excluding hydrogens is 220 g/mol. The van der Waals surface area contributed by atoms with Crippen LogP contribution in [0.2, 0.25) is 0 Å². The van der Waals surface area contributed by atoms with E-state index in [0.717, 1.165) is 5.69 Å². The summed E-state index contributed by atoms with van der Waals surface area (Å²) in [5, 5.41) is 2.67. The van der Waals surface area contributed by atoms with Gasteiger partial charge in [0.2, 0.25) is 11.8 Å². The average Bonchev–Trinajstić information content (AvgIpc) is 2.29. The van der Waals surface area contributed by atoms with Crippen molar-refractivity contribution in [2.24, 2.45) is 11.5 Å². The highest BCUT2D eigenvalue weighted by Crippen LogP contribution is 2.07. The summed E-state index contributed by atoms with van der Waals surface area (Å²) in [6.45, 7) is 1.79. The first-order chi connectivity index (χ1) is 8.00. The van der Waals surface area contributed by atoms with Gasteiger partial charge >= 0.3 is 0 Å². The molecule has 0 aliphatic rings. The van der Waals surface area contributed by atoms with Gasteiger partial charge < -0.3 is 16.8 Å². The summed E-state index contributed by atoms with van der Waals surface area (Å²) in [5.41, 5.74) is 11.2. The molecule has 6 nitrogen and oxygen atoms in total. The highest BCUT2D eigenvalue weighted by atomic mass is 16.2. The van der Waals surface area contributed by atoms with E-state index in [-0.39, 0.29) is 12.5 Å².